The number of nitrogens with zero attached hydrogens (tertiary/aromatic N) is 1. The average molecular weight is 197 g/mol. The molecule has 1 heterocycles. The Kier molecular flexibility index (Phi) is 2.95. The summed E-state index contributed by atoms with van der Waals surface area (Å²) in [4.78, 5) is 4.23. The standard InChI is InChI=1S/C8H12AsN/c1-2-3-7-4-5-8(9)10-6-7/h4-6H,2-3,9H2,1H3. The summed E-state index contributed by atoms with van der Waals surface area (Å²) in [5, 5.41) is 0. The summed E-state index contributed by atoms with van der Waals surface area (Å²) in [7, 11) is 0. The zero-order valence-electron chi connectivity index (χ0n) is 6.17. The minimum atomic E-state index is 1.15. The number of aromatic nitrogens is 1. The van der Waals surface area contributed by atoms with E-state index in [0.717, 1.165) is 10.9 Å². The van der Waals surface area contributed by atoms with E-state index in [0.29, 0.717) is 0 Å². The third-order valence-electron chi connectivity index (χ3n) is 1.39. The van der Waals surface area contributed by atoms with E-state index < -0.39 is 0 Å². The molecule has 1 nitrogen and oxygen atoms in total. The topological polar surface area (TPSA) is 12.9 Å². The second kappa shape index (κ2) is 3.77. The van der Waals surface area contributed by atoms with Crippen molar-refractivity contribution in [1.29, 1.82) is 0 Å². The van der Waals surface area contributed by atoms with Gasteiger partial charge in [0.15, 0.2) is 0 Å². The molecule has 0 aromatic carbocycles. The van der Waals surface area contributed by atoms with E-state index in [1.807, 2.05) is 6.20 Å². The first kappa shape index (κ1) is 7.81. The third kappa shape index (κ3) is 2.15. The van der Waals surface area contributed by atoms with Crippen LogP contribution in [0.4, 0.5) is 0 Å². The summed E-state index contributed by atoms with van der Waals surface area (Å²) in [6.45, 7) is 2.18. The van der Waals surface area contributed by atoms with Gasteiger partial charge in [0.2, 0.25) is 0 Å². The minimum absolute atomic E-state index is 1.15. The molecule has 0 aliphatic heterocycles. The Morgan fingerprint density at radius 1 is 1.50 bits per heavy atom. The molecule has 1 aromatic heterocycles. The Labute approximate surface area is 70.4 Å². The fourth-order valence-electron chi connectivity index (χ4n) is 0.872. The van der Waals surface area contributed by atoms with Gasteiger partial charge in [0, 0.05) is 0 Å². The van der Waals surface area contributed by atoms with Crippen molar-refractivity contribution in [3.8, 4) is 0 Å². The fourth-order valence-corrected chi connectivity index (χ4v) is 1.23. The van der Waals surface area contributed by atoms with Gasteiger partial charge in [-0.05, 0) is 0 Å². The number of aryl methyl sites for hydroxylation is 1. The van der Waals surface area contributed by atoms with Crippen molar-refractivity contribution < 1.29 is 0 Å². The normalized spacial score (nSPS) is 9.80. The summed E-state index contributed by atoms with van der Waals surface area (Å²) < 4.78 is 1.16. The van der Waals surface area contributed by atoms with Gasteiger partial charge in [-0.3, -0.25) is 0 Å². The molecule has 0 N–H and O–H groups in total. The van der Waals surface area contributed by atoms with E-state index in [1.165, 1.54) is 12.0 Å². The van der Waals surface area contributed by atoms with Gasteiger partial charge in [0.25, 0.3) is 0 Å². The van der Waals surface area contributed by atoms with E-state index in [4.69, 9.17) is 0 Å². The van der Waals surface area contributed by atoms with Crippen LogP contribution in [-0.2, 0) is 6.42 Å². The predicted molar refractivity (Wildman–Crippen MR) is 46.4 cm³/mol. The summed E-state index contributed by atoms with van der Waals surface area (Å²) in [6.07, 6.45) is 4.33. The van der Waals surface area contributed by atoms with Crippen LogP contribution < -0.4 is 4.48 Å². The summed E-state index contributed by atoms with van der Waals surface area (Å²) in [5.74, 6) is 0. The van der Waals surface area contributed by atoms with Crippen LogP contribution in [0.25, 0.3) is 0 Å². The van der Waals surface area contributed by atoms with E-state index in [1.54, 1.807) is 16.9 Å². The second-order valence-electron chi connectivity index (χ2n) is 2.34. The molecular weight excluding hydrogens is 185 g/mol. The van der Waals surface area contributed by atoms with Crippen LogP contribution in [0, 0.1) is 0 Å². The van der Waals surface area contributed by atoms with Crippen LogP contribution >= 0.6 is 0 Å². The van der Waals surface area contributed by atoms with Gasteiger partial charge < -0.3 is 0 Å². The van der Waals surface area contributed by atoms with Crippen molar-refractivity contribution in [3.05, 3.63) is 23.9 Å². The van der Waals surface area contributed by atoms with Crippen LogP contribution in [-0.4, -0.2) is 21.8 Å². The Morgan fingerprint density at radius 2 is 2.30 bits per heavy atom. The van der Waals surface area contributed by atoms with Crippen molar-refractivity contribution in [1.82, 2.24) is 4.98 Å². The molecule has 0 aliphatic rings. The zero-order valence-corrected chi connectivity index (χ0v) is 8.59. The molecule has 10 heavy (non-hydrogen) atoms. The Bertz CT molecular complexity index is 193. The third-order valence-corrected chi connectivity index (χ3v) is 2.10. The van der Waals surface area contributed by atoms with Gasteiger partial charge >= 0.3 is 70.0 Å². The molecule has 2 heteroatoms. The maximum atomic E-state index is 4.23. The molecule has 0 spiro atoms. The van der Waals surface area contributed by atoms with Gasteiger partial charge in [-0.2, -0.15) is 0 Å². The van der Waals surface area contributed by atoms with Crippen LogP contribution in [0.15, 0.2) is 18.3 Å². The van der Waals surface area contributed by atoms with Gasteiger partial charge in [0.05, 0.1) is 0 Å². The van der Waals surface area contributed by atoms with Crippen molar-refractivity contribution in [2.45, 2.75) is 19.8 Å². The molecule has 1 rings (SSSR count). The SMILES string of the molecule is CCCc1ccc([AsH2])nc1. The number of hydrogen-bond acceptors (Lipinski definition) is 1. The van der Waals surface area contributed by atoms with Crippen molar-refractivity contribution >= 4 is 21.3 Å². The van der Waals surface area contributed by atoms with E-state index in [9.17, 15) is 0 Å². The average Bonchev–Trinajstić information content (AvgIpc) is 1.95. The number of rotatable bonds is 2. The summed E-state index contributed by atoms with van der Waals surface area (Å²) >= 11 is 1.58. The van der Waals surface area contributed by atoms with Gasteiger partial charge in [-0.1, -0.05) is 0 Å². The Morgan fingerprint density at radius 3 is 2.80 bits per heavy atom. The molecule has 0 fully saturated rings. The zero-order chi connectivity index (χ0) is 7.40. The van der Waals surface area contributed by atoms with Crippen molar-refractivity contribution in [2.75, 3.05) is 0 Å². The van der Waals surface area contributed by atoms with Gasteiger partial charge in [-0.15, -0.1) is 0 Å². The molecule has 0 aliphatic carbocycles. The Balaban J connectivity index is 2.69. The first-order valence-electron chi connectivity index (χ1n) is 3.53. The van der Waals surface area contributed by atoms with E-state index in [-0.39, 0.29) is 0 Å². The summed E-state index contributed by atoms with van der Waals surface area (Å²) in [6, 6.07) is 4.25. The van der Waals surface area contributed by atoms with Crippen LogP contribution in [0.1, 0.15) is 18.9 Å². The molecule has 0 saturated heterocycles. The number of hydrogen-bond donors (Lipinski definition) is 0. The van der Waals surface area contributed by atoms with Crippen LogP contribution in [0.2, 0.25) is 0 Å². The molecule has 0 saturated carbocycles. The predicted octanol–water partition coefficient (Wildman–Crippen LogP) is 0.292. The monoisotopic (exact) mass is 197 g/mol. The van der Waals surface area contributed by atoms with E-state index in [2.05, 4.69) is 24.0 Å². The van der Waals surface area contributed by atoms with E-state index >= 15 is 0 Å². The maximum absolute atomic E-state index is 4.23. The molecule has 0 radical (unpaired) electrons. The molecule has 0 bridgehead atoms. The van der Waals surface area contributed by atoms with Gasteiger partial charge in [-0.25, -0.2) is 0 Å². The summed E-state index contributed by atoms with van der Waals surface area (Å²) in [5.41, 5.74) is 1.35. The van der Waals surface area contributed by atoms with Crippen LogP contribution in [0.3, 0.4) is 0 Å². The van der Waals surface area contributed by atoms with Crippen molar-refractivity contribution in [2.24, 2.45) is 0 Å². The quantitative estimate of drug-likeness (QED) is 0.621. The fraction of sp³-hybridized carbons (Fsp3) is 0.375. The van der Waals surface area contributed by atoms with Crippen LogP contribution in [0.5, 0.6) is 0 Å². The number of pyridine rings is 1. The molecule has 1 aromatic rings. The first-order valence-corrected chi connectivity index (χ1v) is 4.74. The molecular formula is C8H12AsN. The molecule has 0 amide bonds. The Hall–Kier alpha value is -0.292. The van der Waals surface area contributed by atoms with Crippen molar-refractivity contribution in [3.63, 3.8) is 0 Å². The van der Waals surface area contributed by atoms with Gasteiger partial charge in [0.1, 0.15) is 0 Å². The molecule has 1 atom stereocenters. The molecule has 54 valence electrons. The second-order valence-corrected chi connectivity index (χ2v) is 3.58. The molecule has 1 unspecified atom stereocenters. The first-order chi connectivity index (χ1) is 4.83.